The van der Waals surface area contributed by atoms with Crippen LogP contribution in [-0.2, 0) is 33.3 Å². The van der Waals surface area contributed by atoms with Crippen LogP contribution in [0.3, 0.4) is 0 Å². The maximum Gasteiger partial charge on any atom is 0.337 e. The summed E-state index contributed by atoms with van der Waals surface area (Å²) in [7, 11) is 1.22. The monoisotopic (exact) mass is 318 g/mol. The third-order valence-corrected chi connectivity index (χ3v) is 3.71. The minimum Gasteiger partial charge on any atom is -0.479 e. The molecule has 1 N–H and O–H groups in total. The lowest BCUT2D eigenvalue weighted by Crippen LogP contribution is -2.56. The van der Waals surface area contributed by atoms with Crippen molar-refractivity contribution >= 4 is 11.9 Å². The summed E-state index contributed by atoms with van der Waals surface area (Å²) < 4.78 is 27.3. The number of hydrogen-bond acceptors (Lipinski definition) is 7. The Hall–Kier alpha value is -1.22. The fourth-order valence-corrected chi connectivity index (χ4v) is 2.98. The van der Waals surface area contributed by atoms with Gasteiger partial charge in [0.05, 0.1) is 7.11 Å². The molecule has 4 atom stereocenters. The van der Waals surface area contributed by atoms with Crippen molar-refractivity contribution in [3.63, 3.8) is 0 Å². The normalized spacial score (nSPS) is 39.6. The van der Waals surface area contributed by atoms with Crippen molar-refractivity contribution in [1.29, 1.82) is 0 Å². The molecule has 2 rings (SSSR count). The Morgan fingerprint density at radius 3 is 2.09 bits per heavy atom. The van der Waals surface area contributed by atoms with Crippen LogP contribution in [0.15, 0.2) is 0 Å². The lowest BCUT2D eigenvalue weighted by Gasteiger charge is -2.34. The second kappa shape index (κ2) is 5.16. The molecule has 2 fully saturated rings. The lowest BCUT2D eigenvalue weighted by atomic mass is 9.88. The van der Waals surface area contributed by atoms with E-state index in [0.717, 1.165) is 0 Å². The van der Waals surface area contributed by atoms with Gasteiger partial charge in [0, 0.05) is 0 Å². The molecule has 22 heavy (non-hydrogen) atoms. The van der Waals surface area contributed by atoms with E-state index in [1.807, 2.05) is 0 Å². The second-order valence-corrected chi connectivity index (χ2v) is 6.52. The fraction of sp³-hybridized carbons (Fsp3) is 0.857. The van der Waals surface area contributed by atoms with Gasteiger partial charge in [0.15, 0.2) is 23.8 Å². The van der Waals surface area contributed by atoms with Gasteiger partial charge in [-0.3, -0.25) is 0 Å². The zero-order valence-electron chi connectivity index (χ0n) is 13.5. The zero-order chi connectivity index (χ0) is 16.9. The SMILES string of the molecule is COC(=O)C1OC(C)(C)O[C@H]1C1(C)OC(C)(C)OC1C(=O)O. The van der Waals surface area contributed by atoms with E-state index in [0.29, 0.717) is 0 Å². The first-order valence-corrected chi connectivity index (χ1v) is 6.96. The van der Waals surface area contributed by atoms with Gasteiger partial charge in [0.2, 0.25) is 0 Å². The molecule has 0 saturated carbocycles. The Morgan fingerprint density at radius 2 is 1.59 bits per heavy atom. The minimum atomic E-state index is -1.41. The molecule has 126 valence electrons. The molecular weight excluding hydrogens is 296 g/mol. The van der Waals surface area contributed by atoms with Crippen molar-refractivity contribution in [2.24, 2.45) is 0 Å². The number of esters is 1. The van der Waals surface area contributed by atoms with Crippen LogP contribution in [0, 0.1) is 0 Å². The summed E-state index contributed by atoms with van der Waals surface area (Å²) in [4.78, 5) is 23.5. The molecule has 3 unspecified atom stereocenters. The number of carboxylic acid groups (broad SMARTS) is 1. The van der Waals surface area contributed by atoms with E-state index >= 15 is 0 Å². The molecule has 2 saturated heterocycles. The number of carbonyl (C=O) groups excluding carboxylic acids is 1. The largest absolute Gasteiger partial charge is 0.479 e. The lowest BCUT2D eigenvalue weighted by molar-refractivity contribution is -0.200. The summed E-state index contributed by atoms with van der Waals surface area (Å²) >= 11 is 0. The van der Waals surface area contributed by atoms with E-state index < -0.39 is 47.4 Å². The van der Waals surface area contributed by atoms with Crippen molar-refractivity contribution in [2.45, 2.75) is 70.1 Å². The molecular formula is C14H22O8. The van der Waals surface area contributed by atoms with E-state index in [4.69, 9.17) is 23.7 Å². The number of methoxy groups -OCH3 is 1. The Labute approximate surface area is 128 Å². The van der Waals surface area contributed by atoms with Crippen molar-refractivity contribution in [3.05, 3.63) is 0 Å². The van der Waals surface area contributed by atoms with E-state index in [1.54, 1.807) is 27.7 Å². The summed E-state index contributed by atoms with van der Waals surface area (Å²) in [5, 5.41) is 9.44. The Balaban J connectivity index is 2.41. The van der Waals surface area contributed by atoms with E-state index in [2.05, 4.69) is 0 Å². The van der Waals surface area contributed by atoms with Gasteiger partial charge >= 0.3 is 11.9 Å². The standard InChI is InChI=1S/C14H22O8/c1-12(2)19-7(11(17)18-6)8(20-12)14(5)9(10(15)16)21-13(3,4)22-14/h7-9H,1-6H3,(H,15,16)/t7?,8-,9?,14?/m1/s1. The van der Waals surface area contributed by atoms with E-state index in [9.17, 15) is 14.7 Å². The van der Waals surface area contributed by atoms with Crippen LogP contribution in [0.1, 0.15) is 34.6 Å². The number of ether oxygens (including phenoxy) is 5. The Morgan fingerprint density at radius 1 is 1.00 bits per heavy atom. The van der Waals surface area contributed by atoms with Crippen molar-refractivity contribution in [3.8, 4) is 0 Å². The van der Waals surface area contributed by atoms with Crippen LogP contribution in [0.5, 0.6) is 0 Å². The average Bonchev–Trinajstić information content (AvgIpc) is 2.83. The smallest absolute Gasteiger partial charge is 0.337 e. The van der Waals surface area contributed by atoms with Crippen LogP contribution in [0.4, 0.5) is 0 Å². The van der Waals surface area contributed by atoms with Gasteiger partial charge in [0.1, 0.15) is 11.7 Å². The van der Waals surface area contributed by atoms with Gasteiger partial charge in [-0.05, 0) is 34.6 Å². The summed E-state index contributed by atoms with van der Waals surface area (Å²) in [5.41, 5.74) is -1.41. The average molecular weight is 318 g/mol. The summed E-state index contributed by atoms with van der Waals surface area (Å²) in [6.07, 6.45) is -3.40. The fourth-order valence-electron chi connectivity index (χ4n) is 2.98. The van der Waals surface area contributed by atoms with Gasteiger partial charge in [-0.1, -0.05) is 0 Å². The molecule has 0 radical (unpaired) electrons. The second-order valence-electron chi connectivity index (χ2n) is 6.52. The van der Waals surface area contributed by atoms with Gasteiger partial charge in [-0.25, -0.2) is 9.59 Å². The Kier molecular flexibility index (Phi) is 4.02. The van der Waals surface area contributed by atoms with Crippen LogP contribution >= 0.6 is 0 Å². The maximum atomic E-state index is 12.0. The zero-order valence-corrected chi connectivity index (χ0v) is 13.5. The van der Waals surface area contributed by atoms with Gasteiger partial charge in [0.25, 0.3) is 0 Å². The highest BCUT2D eigenvalue weighted by Crippen LogP contribution is 2.45. The molecule has 8 nitrogen and oxygen atoms in total. The molecule has 0 aromatic heterocycles. The molecule has 2 aliphatic rings. The highest BCUT2D eigenvalue weighted by atomic mass is 16.8. The van der Waals surface area contributed by atoms with Crippen LogP contribution < -0.4 is 0 Å². The summed E-state index contributed by atoms with van der Waals surface area (Å²) in [5.74, 6) is -4.07. The topological polar surface area (TPSA) is 101 Å². The first kappa shape index (κ1) is 17.1. The number of carbonyl (C=O) groups is 2. The predicted octanol–water partition coefficient (Wildman–Crippen LogP) is 0.674. The molecule has 0 spiro atoms. The number of rotatable bonds is 3. The van der Waals surface area contributed by atoms with Crippen LogP contribution in [0.2, 0.25) is 0 Å². The summed E-state index contributed by atoms with van der Waals surface area (Å²) in [6.45, 7) is 7.99. The van der Waals surface area contributed by atoms with Crippen molar-refractivity contribution in [2.75, 3.05) is 7.11 Å². The molecule has 0 aromatic rings. The number of carboxylic acids is 1. The third-order valence-electron chi connectivity index (χ3n) is 3.71. The first-order chi connectivity index (χ1) is 9.92. The van der Waals surface area contributed by atoms with Gasteiger partial charge in [-0.2, -0.15) is 0 Å². The van der Waals surface area contributed by atoms with Gasteiger partial charge in [-0.15, -0.1) is 0 Å². The Bertz CT molecular complexity index is 485. The highest BCUT2D eigenvalue weighted by Gasteiger charge is 2.65. The third kappa shape index (κ3) is 2.83. The predicted molar refractivity (Wildman–Crippen MR) is 71.9 cm³/mol. The minimum absolute atomic E-state index is 0.658. The molecule has 0 aliphatic carbocycles. The molecule has 8 heteroatoms. The van der Waals surface area contributed by atoms with Crippen LogP contribution in [-0.4, -0.2) is 59.6 Å². The highest BCUT2D eigenvalue weighted by molar-refractivity contribution is 5.78. The molecule has 0 amide bonds. The molecule has 0 bridgehead atoms. The van der Waals surface area contributed by atoms with Crippen LogP contribution in [0.25, 0.3) is 0 Å². The molecule has 2 aliphatic heterocycles. The quantitative estimate of drug-likeness (QED) is 0.758. The van der Waals surface area contributed by atoms with E-state index in [1.165, 1.54) is 14.0 Å². The van der Waals surface area contributed by atoms with Crippen molar-refractivity contribution in [1.82, 2.24) is 0 Å². The first-order valence-electron chi connectivity index (χ1n) is 6.96. The van der Waals surface area contributed by atoms with Gasteiger partial charge < -0.3 is 28.8 Å². The maximum absolute atomic E-state index is 12.0. The van der Waals surface area contributed by atoms with Crippen molar-refractivity contribution < 1.29 is 38.4 Å². The van der Waals surface area contributed by atoms with E-state index in [-0.39, 0.29) is 0 Å². The molecule has 2 heterocycles. The number of aliphatic carboxylic acids is 1. The summed E-state index contributed by atoms with van der Waals surface area (Å²) in [6, 6.07) is 0. The number of hydrogen-bond donors (Lipinski definition) is 1. The molecule has 0 aromatic carbocycles.